The molecular formula is C22H28FN3O4S3. The third-order valence-corrected chi connectivity index (χ3v) is 8.72. The van der Waals surface area contributed by atoms with E-state index in [9.17, 15) is 22.7 Å². The number of aliphatic hydroxyl groups is 1. The summed E-state index contributed by atoms with van der Waals surface area (Å²) in [5, 5.41) is 11.3. The molecule has 0 amide bonds. The van der Waals surface area contributed by atoms with Crippen LogP contribution < -0.4 is 10.3 Å². The van der Waals surface area contributed by atoms with Crippen LogP contribution in [0.15, 0.2) is 34.2 Å². The van der Waals surface area contributed by atoms with Gasteiger partial charge in [0.1, 0.15) is 10.6 Å². The zero-order chi connectivity index (χ0) is 24.6. The number of sulfonamides is 1. The van der Waals surface area contributed by atoms with E-state index < -0.39 is 27.5 Å². The van der Waals surface area contributed by atoms with Crippen LogP contribution in [0.3, 0.4) is 0 Å². The molecule has 3 aromatic rings. The zero-order valence-electron chi connectivity index (χ0n) is 19.2. The van der Waals surface area contributed by atoms with Gasteiger partial charge in [0, 0.05) is 16.2 Å². The van der Waals surface area contributed by atoms with E-state index in [2.05, 4.69) is 9.71 Å². The highest BCUT2D eigenvalue weighted by Crippen LogP contribution is 2.30. The summed E-state index contributed by atoms with van der Waals surface area (Å²) in [6.07, 6.45) is -0.883. The Morgan fingerprint density at radius 3 is 2.48 bits per heavy atom. The van der Waals surface area contributed by atoms with Gasteiger partial charge < -0.3 is 5.11 Å². The molecule has 0 radical (unpaired) electrons. The molecule has 0 aliphatic rings. The van der Waals surface area contributed by atoms with Crippen molar-refractivity contribution in [3.63, 3.8) is 0 Å². The van der Waals surface area contributed by atoms with Crippen LogP contribution in [0.25, 0.3) is 15.9 Å². The van der Waals surface area contributed by atoms with Gasteiger partial charge in [-0.25, -0.2) is 22.5 Å². The monoisotopic (exact) mass is 513 g/mol. The highest BCUT2D eigenvalue weighted by atomic mass is 32.2. The first-order chi connectivity index (χ1) is 15.3. The Kier molecular flexibility index (Phi) is 7.69. The van der Waals surface area contributed by atoms with Crippen molar-refractivity contribution in [1.29, 1.82) is 0 Å². The molecule has 0 bridgehead atoms. The number of nitrogens with zero attached hydrogens (tertiary/aromatic N) is 2. The van der Waals surface area contributed by atoms with Crippen molar-refractivity contribution in [2.24, 2.45) is 0 Å². The van der Waals surface area contributed by atoms with Crippen molar-refractivity contribution in [3.05, 3.63) is 50.9 Å². The molecule has 0 fully saturated rings. The molecule has 0 spiro atoms. The molecule has 3 rings (SSSR count). The van der Waals surface area contributed by atoms with E-state index in [1.165, 1.54) is 40.2 Å². The molecule has 0 aliphatic heterocycles. The minimum absolute atomic E-state index is 0.0403. The zero-order valence-corrected chi connectivity index (χ0v) is 21.6. The molecule has 1 unspecified atom stereocenters. The van der Waals surface area contributed by atoms with Gasteiger partial charge in [-0.2, -0.15) is 0 Å². The third kappa shape index (κ3) is 6.42. The maximum atomic E-state index is 13.5. The number of hydrogen-bond donors (Lipinski definition) is 2. The molecule has 11 heteroatoms. The minimum Gasteiger partial charge on any atom is -0.392 e. The first-order valence-corrected chi connectivity index (χ1v) is 13.8. The summed E-state index contributed by atoms with van der Waals surface area (Å²) < 4.78 is 41.8. The van der Waals surface area contributed by atoms with Gasteiger partial charge in [0.15, 0.2) is 5.16 Å². The molecule has 7 nitrogen and oxygen atoms in total. The second-order valence-corrected chi connectivity index (χ2v) is 12.9. The van der Waals surface area contributed by atoms with Crippen molar-refractivity contribution in [1.82, 2.24) is 14.3 Å². The van der Waals surface area contributed by atoms with Crippen LogP contribution in [-0.2, 0) is 10.0 Å². The fourth-order valence-electron chi connectivity index (χ4n) is 3.25. The molecule has 33 heavy (non-hydrogen) atoms. The molecular weight excluding hydrogens is 485 g/mol. The van der Waals surface area contributed by atoms with E-state index in [-0.39, 0.29) is 23.5 Å². The molecule has 180 valence electrons. The van der Waals surface area contributed by atoms with Gasteiger partial charge in [-0.1, -0.05) is 11.8 Å². The number of rotatable bonds is 8. The average molecular weight is 514 g/mol. The predicted octanol–water partition coefficient (Wildman–Crippen LogP) is 3.76. The number of nitrogens with one attached hydrogen (secondary N) is 1. The van der Waals surface area contributed by atoms with Gasteiger partial charge >= 0.3 is 0 Å². The first kappa shape index (κ1) is 25.8. The molecule has 1 aromatic carbocycles. The van der Waals surface area contributed by atoms with Crippen LogP contribution in [0.5, 0.6) is 0 Å². The molecule has 0 saturated heterocycles. The van der Waals surface area contributed by atoms with Crippen LogP contribution in [0.2, 0.25) is 0 Å². The van der Waals surface area contributed by atoms with E-state index in [1.807, 2.05) is 13.8 Å². The van der Waals surface area contributed by atoms with Crippen molar-refractivity contribution < 1.29 is 17.9 Å². The normalized spacial score (nSPS) is 13.5. The standard InChI is InChI=1S/C22H28FN3O4S3/c1-13-14(2)32-19-18(13)20(28)26(16-8-6-15(23)7-9-16)21(24-19)31-12-17(27)10-11-33(29,30)25-22(3,4)5/h6-9,17,25,27H,10-12H2,1-5H3. The number of aliphatic hydroxyl groups excluding tert-OH is 1. The van der Waals surface area contributed by atoms with Crippen LogP contribution in [0.1, 0.15) is 37.6 Å². The Bertz CT molecular complexity index is 1310. The second-order valence-electron chi connectivity index (χ2n) is 8.90. The first-order valence-electron chi connectivity index (χ1n) is 10.4. The van der Waals surface area contributed by atoms with E-state index in [0.29, 0.717) is 21.1 Å². The van der Waals surface area contributed by atoms with E-state index in [1.54, 1.807) is 20.8 Å². The lowest BCUT2D eigenvalue weighted by atomic mass is 10.1. The number of hydrogen-bond acceptors (Lipinski definition) is 7. The highest BCUT2D eigenvalue weighted by Gasteiger charge is 2.22. The predicted molar refractivity (Wildman–Crippen MR) is 133 cm³/mol. The number of benzene rings is 1. The van der Waals surface area contributed by atoms with E-state index in [4.69, 9.17) is 0 Å². The van der Waals surface area contributed by atoms with Gasteiger partial charge in [0.2, 0.25) is 10.0 Å². The Labute approximate surface area is 201 Å². The SMILES string of the molecule is Cc1sc2nc(SCC(O)CCS(=O)(=O)NC(C)(C)C)n(-c3ccc(F)cc3)c(=O)c2c1C. The average Bonchev–Trinajstić information content (AvgIpc) is 2.98. The van der Waals surface area contributed by atoms with Crippen LogP contribution in [-0.4, -0.2) is 46.2 Å². The molecule has 2 aromatic heterocycles. The number of aromatic nitrogens is 2. The van der Waals surface area contributed by atoms with E-state index >= 15 is 0 Å². The van der Waals surface area contributed by atoms with Gasteiger partial charge in [-0.3, -0.25) is 9.36 Å². The lowest BCUT2D eigenvalue weighted by Gasteiger charge is -2.21. The number of thioether (sulfide) groups is 1. The van der Waals surface area contributed by atoms with Crippen molar-refractivity contribution in [2.75, 3.05) is 11.5 Å². The lowest BCUT2D eigenvalue weighted by Crippen LogP contribution is -2.42. The maximum absolute atomic E-state index is 13.5. The smallest absolute Gasteiger partial charge is 0.267 e. The summed E-state index contributed by atoms with van der Waals surface area (Å²) >= 11 is 2.58. The summed E-state index contributed by atoms with van der Waals surface area (Å²) in [7, 11) is -3.53. The number of thiophene rings is 1. The Balaban J connectivity index is 1.87. The van der Waals surface area contributed by atoms with Crippen molar-refractivity contribution in [2.45, 2.75) is 57.8 Å². The Morgan fingerprint density at radius 1 is 1.24 bits per heavy atom. The van der Waals surface area contributed by atoms with Crippen LogP contribution >= 0.6 is 23.1 Å². The van der Waals surface area contributed by atoms with E-state index in [0.717, 1.165) is 22.2 Å². The second kappa shape index (κ2) is 9.83. The highest BCUT2D eigenvalue weighted by molar-refractivity contribution is 7.99. The fourth-order valence-corrected chi connectivity index (χ4v) is 6.93. The Hall–Kier alpha value is -1.79. The molecule has 0 saturated carbocycles. The van der Waals surface area contributed by atoms with Crippen molar-refractivity contribution >= 4 is 43.3 Å². The molecule has 0 aliphatic carbocycles. The summed E-state index contributed by atoms with van der Waals surface area (Å²) in [4.78, 5) is 19.6. The largest absolute Gasteiger partial charge is 0.392 e. The minimum atomic E-state index is -3.53. The maximum Gasteiger partial charge on any atom is 0.267 e. The van der Waals surface area contributed by atoms with Gasteiger partial charge in [-0.05, 0) is 70.9 Å². The van der Waals surface area contributed by atoms with Gasteiger partial charge in [0.05, 0.1) is 22.9 Å². The number of halogens is 1. The topological polar surface area (TPSA) is 101 Å². The molecule has 2 N–H and O–H groups in total. The van der Waals surface area contributed by atoms with Crippen LogP contribution in [0, 0.1) is 19.7 Å². The summed E-state index contributed by atoms with van der Waals surface area (Å²) in [6, 6.07) is 5.55. The quantitative estimate of drug-likeness (QED) is 0.351. The summed E-state index contributed by atoms with van der Waals surface area (Å²) in [5.41, 5.74) is 0.465. The summed E-state index contributed by atoms with van der Waals surface area (Å²) in [5.74, 6) is -0.488. The van der Waals surface area contributed by atoms with Crippen molar-refractivity contribution in [3.8, 4) is 5.69 Å². The number of fused-ring (bicyclic) bond motifs is 1. The third-order valence-electron chi connectivity index (χ3n) is 4.84. The Morgan fingerprint density at radius 2 is 1.88 bits per heavy atom. The molecule has 1 atom stereocenters. The lowest BCUT2D eigenvalue weighted by molar-refractivity contribution is 0.195. The summed E-state index contributed by atoms with van der Waals surface area (Å²) in [6.45, 7) is 9.05. The van der Waals surface area contributed by atoms with Gasteiger partial charge in [-0.15, -0.1) is 11.3 Å². The van der Waals surface area contributed by atoms with Gasteiger partial charge in [0.25, 0.3) is 5.56 Å². The molecule has 2 heterocycles. The fraction of sp³-hybridized carbons (Fsp3) is 0.455. The number of aryl methyl sites for hydroxylation is 2. The van der Waals surface area contributed by atoms with Crippen LogP contribution in [0.4, 0.5) is 4.39 Å².